The molecule has 5 aliphatic rings. The molecule has 4 atom stereocenters. The van der Waals surface area contributed by atoms with Gasteiger partial charge in [0.2, 0.25) is 0 Å². The number of aromatic amines is 1. The molecule has 3 aromatic heterocycles. The number of anilines is 1. The van der Waals surface area contributed by atoms with Crippen LogP contribution in [-0.2, 0) is 20.6 Å². The number of hydrogen-bond acceptors (Lipinski definition) is 12. The Morgan fingerprint density at radius 2 is 2.06 bits per heavy atom. The van der Waals surface area contributed by atoms with Gasteiger partial charge in [0.05, 0.1) is 55.1 Å². The number of halogens is 3. The molecule has 0 radical (unpaired) electrons. The molecular formula is C31H32ClF2N7O6. The number of nitrogens with zero attached hydrogens (tertiary/aromatic N) is 6. The molecule has 2 N–H and O–H groups in total. The van der Waals surface area contributed by atoms with E-state index in [2.05, 4.69) is 20.2 Å². The van der Waals surface area contributed by atoms with Crippen LogP contribution in [0.3, 0.4) is 0 Å². The Balaban J connectivity index is 1.29. The van der Waals surface area contributed by atoms with Crippen LogP contribution in [0, 0.1) is 5.82 Å². The van der Waals surface area contributed by atoms with E-state index in [0.717, 1.165) is 0 Å². The first-order chi connectivity index (χ1) is 22.8. The van der Waals surface area contributed by atoms with Gasteiger partial charge in [0, 0.05) is 48.2 Å². The number of carbonyl (C=O) groups is 1. The predicted molar refractivity (Wildman–Crippen MR) is 165 cm³/mol. The van der Waals surface area contributed by atoms with Gasteiger partial charge in [-0.05, 0) is 30.9 Å². The highest BCUT2D eigenvalue weighted by Crippen LogP contribution is 2.42. The van der Waals surface area contributed by atoms with Crippen molar-refractivity contribution < 1.29 is 37.6 Å². The number of nitrogens with one attached hydrogen (secondary N) is 1. The number of alkyl halides is 1. The number of benzene rings is 1. The third-order valence-corrected chi connectivity index (χ3v) is 9.81. The molecule has 3 fully saturated rings. The quantitative estimate of drug-likeness (QED) is 0.307. The van der Waals surface area contributed by atoms with Crippen molar-refractivity contribution in [3.8, 4) is 17.3 Å². The van der Waals surface area contributed by atoms with Crippen molar-refractivity contribution in [2.24, 2.45) is 0 Å². The van der Waals surface area contributed by atoms with E-state index >= 15 is 4.39 Å². The van der Waals surface area contributed by atoms with Gasteiger partial charge in [-0.15, -0.1) is 0 Å². The average Bonchev–Trinajstić information content (AvgIpc) is 3.64. The zero-order valence-corrected chi connectivity index (χ0v) is 26.0. The SMILES string of the molecule is O=C1OCCCc2c(Cl)cc3[nH]ncc3c2-c2ncc3c(nc(OC[C@@]45C[C@@H](O)CN4C[C@H](F)C5)nc3c2F)N2CCOC[C@H](C2)O1. The standard InChI is InChI=1S/C31H32ClF2N7O6/c32-22-6-23-20(10-36-39-23)24-19(22)2-1-4-45-30(43)47-18-13-40(3-5-44-14-18)28-21-9-35-27(24)25(34)26(21)37-29(38-28)46-15-31-7-16(33)11-41(31)12-17(42)8-31/h6,9-10,16-18,42H,1-5,7-8,11-15H2,(H,36,39)/t16-,17-,18+,31-/m1/s1. The van der Waals surface area contributed by atoms with E-state index in [-0.39, 0.29) is 63.2 Å². The first-order valence-electron chi connectivity index (χ1n) is 15.6. The van der Waals surface area contributed by atoms with Crippen molar-refractivity contribution in [1.29, 1.82) is 0 Å². The number of aliphatic hydroxyl groups is 1. The molecule has 248 valence electrons. The summed E-state index contributed by atoms with van der Waals surface area (Å²) in [6, 6.07) is 1.59. The second-order valence-electron chi connectivity index (χ2n) is 12.6. The highest BCUT2D eigenvalue weighted by molar-refractivity contribution is 6.33. The van der Waals surface area contributed by atoms with Gasteiger partial charge in [-0.3, -0.25) is 15.0 Å². The number of fused-ring (bicyclic) bond motifs is 8. The average molecular weight is 672 g/mol. The van der Waals surface area contributed by atoms with E-state index in [9.17, 15) is 14.3 Å². The minimum absolute atomic E-state index is 0.00373. The van der Waals surface area contributed by atoms with Crippen LogP contribution in [0.4, 0.5) is 19.4 Å². The van der Waals surface area contributed by atoms with E-state index in [1.807, 2.05) is 9.80 Å². The van der Waals surface area contributed by atoms with E-state index < -0.39 is 35.9 Å². The summed E-state index contributed by atoms with van der Waals surface area (Å²) in [7, 11) is 0. The first kappa shape index (κ1) is 30.4. The van der Waals surface area contributed by atoms with Crippen LogP contribution in [0.15, 0.2) is 18.5 Å². The number of ether oxygens (including phenoxy) is 4. The fourth-order valence-corrected chi connectivity index (χ4v) is 7.72. The maximum atomic E-state index is 17.0. The summed E-state index contributed by atoms with van der Waals surface area (Å²) in [6.45, 7) is 1.52. The first-order valence-corrected chi connectivity index (χ1v) is 16.0. The van der Waals surface area contributed by atoms with Gasteiger partial charge in [-0.2, -0.15) is 15.1 Å². The Morgan fingerprint density at radius 1 is 1.17 bits per heavy atom. The normalized spacial score (nSPS) is 26.8. The summed E-state index contributed by atoms with van der Waals surface area (Å²) < 4.78 is 54.4. The Kier molecular flexibility index (Phi) is 7.73. The largest absolute Gasteiger partial charge is 0.508 e. The highest BCUT2D eigenvalue weighted by atomic mass is 35.5. The number of carbonyl (C=O) groups excluding carboxylic acids is 1. The Labute approximate surface area is 272 Å². The second kappa shape index (κ2) is 12.0. The fraction of sp³-hybridized carbons (Fsp3) is 0.516. The van der Waals surface area contributed by atoms with Gasteiger partial charge in [0.15, 0.2) is 5.82 Å². The summed E-state index contributed by atoms with van der Waals surface area (Å²) in [5.41, 5.74) is 0.885. The monoisotopic (exact) mass is 671 g/mol. The Morgan fingerprint density at radius 3 is 2.96 bits per heavy atom. The van der Waals surface area contributed by atoms with Gasteiger partial charge in [0.25, 0.3) is 0 Å². The molecule has 0 spiro atoms. The smallest absolute Gasteiger partial charge is 0.461 e. The summed E-state index contributed by atoms with van der Waals surface area (Å²) in [4.78, 5) is 30.2. The molecule has 0 saturated carbocycles. The number of H-pyrrole nitrogens is 1. The number of pyridine rings is 1. The Bertz CT molecular complexity index is 1850. The van der Waals surface area contributed by atoms with Crippen LogP contribution in [0.25, 0.3) is 33.1 Å². The van der Waals surface area contributed by atoms with Crippen LogP contribution in [0.1, 0.15) is 24.8 Å². The zero-order chi connectivity index (χ0) is 32.3. The predicted octanol–water partition coefficient (Wildman–Crippen LogP) is 3.59. The van der Waals surface area contributed by atoms with Crippen molar-refractivity contribution in [2.75, 3.05) is 57.5 Å². The molecule has 4 aromatic rings. The molecular weight excluding hydrogens is 640 g/mol. The topological polar surface area (TPSA) is 148 Å². The number of aromatic nitrogens is 5. The maximum Gasteiger partial charge on any atom is 0.508 e. The van der Waals surface area contributed by atoms with Crippen LogP contribution < -0.4 is 9.64 Å². The van der Waals surface area contributed by atoms with Gasteiger partial charge in [0.1, 0.15) is 35.9 Å². The van der Waals surface area contributed by atoms with Crippen LogP contribution in [-0.4, -0.2) is 118 Å². The Hall–Kier alpha value is -3.92. The third-order valence-electron chi connectivity index (χ3n) is 9.47. The van der Waals surface area contributed by atoms with Crippen molar-refractivity contribution in [3.05, 3.63) is 34.9 Å². The van der Waals surface area contributed by atoms with E-state index in [1.54, 1.807) is 12.3 Å². The van der Waals surface area contributed by atoms with Crippen LogP contribution in [0.5, 0.6) is 6.01 Å². The van der Waals surface area contributed by atoms with Crippen molar-refractivity contribution in [1.82, 2.24) is 30.0 Å². The molecule has 47 heavy (non-hydrogen) atoms. The van der Waals surface area contributed by atoms with Crippen molar-refractivity contribution in [3.63, 3.8) is 0 Å². The molecule has 13 nitrogen and oxygen atoms in total. The minimum Gasteiger partial charge on any atom is -0.461 e. The van der Waals surface area contributed by atoms with Crippen molar-refractivity contribution >= 4 is 45.4 Å². The molecule has 0 aliphatic carbocycles. The molecule has 9 rings (SSSR count). The van der Waals surface area contributed by atoms with Crippen molar-refractivity contribution in [2.45, 2.75) is 49.6 Å². The van der Waals surface area contributed by atoms with E-state index in [4.69, 9.17) is 35.5 Å². The maximum absolute atomic E-state index is 17.0. The summed E-state index contributed by atoms with van der Waals surface area (Å²) >= 11 is 6.74. The number of rotatable bonds is 3. The highest BCUT2D eigenvalue weighted by Gasteiger charge is 2.52. The molecule has 8 heterocycles. The molecule has 0 amide bonds. The number of hydrogen-bond donors (Lipinski definition) is 2. The molecule has 1 aromatic carbocycles. The summed E-state index contributed by atoms with van der Waals surface area (Å²) in [5, 5.41) is 18.7. The minimum atomic E-state index is -1.05. The van der Waals surface area contributed by atoms with E-state index in [1.165, 1.54) is 6.20 Å². The van der Waals surface area contributed by atoms with Gasteiger partial charge >= 0.3 is 12.2 Å². The third kappa shape index (κ3) is 5.48. The van der Waals surface area contributed by atoms with Gasteiger partial charge < -0.3 is 29.0 Å². The lowest BCUT2D eigenvalue weighted by molar-refractivity contribution is -0.00448. The molecule has 16 heteroatoms. The number of aliphatic hydroxyl groups excluding tert-OH is 1. The van der Waals surface area contributed by atoms with Crippen LogP contribution in [0.2, 0.25) is 5.02 Å². The summed E-state index contributed by atoms with van der Waals surface area (Å²) in [5.74, 6) is -0.405. The zero-order valence-electron chi connectivity index (χ0n) is 25.3. The fourth-order valence-electron chi connectivity index (χ4n) is 7.42. The van der Waals surface area contributed by atoms with Crippen LogP contribution >= 0.6 is 11.6 Å². The molecule has 3 saturated heterocycles. The lowest BCUT2D eigenvalue weighted by atomic mass is 9.94. The summed E-state index contributed by atoms with van der Waals surface area (Å²) in [6.07, 6.45) is 1.16. The molecule has 0 unspecified atom stereocenters. The lowest BCUT2D eigenvalue weighted by Gasteiger charge is -2.31. The second-order valence-corrected chi connectivity index (χ2v) is 13.0. The van der Waals surface area contributed by atoms with Gasteiger partial charge in [-0.1, -0.05) is 11.6 Å². The molecule has 6 bridgehead atoms. The van der Waals surface area contributed by atoms with Gasteiger partial charge in [-0.25, -0.2) is 13.6 Å². The number of β-amino-alcohol motifs (C(OH)–C–C–N with tert-alkyl or cyclic N) is 1. The molecule has 5 aliphatic heterocycles. The van der Waals surface area contributed by atoms with E-state index in [0.29, 0.717) is 70.6 Å². The lowest BCUT2D eigenvalue weighted by Crippen LogP contribution is -2.43.